The standard InChI is InChI=1S/C22H27NO3/c24-15-7-6-14-9-20-11-21-16(26-18(15)17(14)21)5-2-8-22(21,25)19(20)23(12-20)10-13-3-1-4-13/h6-7,13,16,19,24-25H,1-5,8-12H2/t16-,19+,20?,21+,22+/m0/s1. The quantitative estimate of drug-likeness (QED) is 0.858. The summed E-state index contributed by atoms with van der Waals surface area (Å²) in [5.41, 5.74) is 1.75. The zero-order valence-corrected chi connectivity index (χ0v) is 15.2. The molecule has 2 heterocycles. The zero-order valence-electron chi connectivity index (χ0n) is 15.2. The Bertz CT molecular complexity index is 835. The van der Waals surface area contributed by atoms with Crippen molar-refractivity contribution in [2.45, 2.75) is 74.5 Å². The van der Waals surface area contributed by atoms with Gasteiger partial charge in [-0.2, -0.15) is 0 Å². The van der Waals surface area contributed by atoms with Gasteiger partial charge < -0.3 is 14.9 Å². The Balaban J connectivity index is 1.42. The lowest BCUT2D eigenvalue weighted by atomic mass is 9.58. The number of nitrogens with zero attached hydrogens (tertiary/aromatic N) is 1. The molecule has 1 saturated heterocycles. The number of hydrogen-bond acceptors (Lipinski definition) is 4. The third kappa shape index (κ3) is 1.33. The van der Waals surface area contributed by atoms with E-state index in [0.29, 0.717) is 5.75 Å². The minimum atomic E-state index is -0.692. The van der Waals surface area contributed by atoms with Gasteiger partial charge in [0.15, 0.2) is 11.5 Å². The van der Waals surface area contributed by atoms with Crippen molar-refractivity contribution in [3.05, 3.63) is 23.3 Å². The van der Waals surface area contributed by atoms with Crippen LogP contribution in [0.1, 0.15) is 56.1 Å². The summed E-state index contributed by atoms with van der Waals surface area (Å²) in [5, 5.41) is 22.7. The highest BCUT2D eigenvalue weighted by Crippen LogP contribution is 2.75. The summed E-state index contributed by atoms with van der Waals surface area (Å²) < 4.78 is 6.36. The summed E-state index contributed by atoms with van der Waals surface area (Å²) >= 11 is 0. The van der Waals surface area contributed by atoms with Gasteiger partial charge in [0, 0.05) is 30.1 Å². The van der Waals surface area contributed by atoms with Crippen LogP contribution < -0.4 is 4.74 Å². The van der Waals surface area contributed by atoms with Gasteiger partial charge in [0.25, 0.3) is 0 Å². The summed E-state index contributed by atoms with van der Waals surface area (Å²) in [5.74, 6) is 1.79. The van der Waals surface area contributed by atoms with Crippen molar-refractivity contribution in [3.8, 4) is 11.5 Å². The molecule has 1 aromatic carbocycles. The van der Waals surface area contributed by atoms with Crippen LogP contribution >= 0.6 is 0 Å². The molecule has 4 heteroatoms. The van der Waals surface area contributed by atoms with E-state index in [0.717, 1.165) is 44.6 Å². The van der Waals surface area contributed by atoms with Gasteiger partial charge in [-0.1, -0.05) is 12.5 Å². The highest BCUT2D eigenvalue weighted by atomic mass is 16.5. The Morgan fingerprint density at radius 3 is 2.88 bits per heavy atom. The third-order valence-corrected chi connectivity index (χ3v) is 9.08. The molecule has 26 heavy (non-hydrogen) atoms. The van der Waals surface area contributed by atoms with Crippen LogP contribution in [0.5, 0.6) is 11.5 Å². The predicted molar refractivity (Wildman–Crippen MR) is 96.5 cm³/mol. The monoisotopic (exact) mass is 353 g/mol. The van der Waals surface area contributed by atoms with Crippen LogP contribution in [0.25, 0.3) is 0 Å². The van der Waals surface area contributed by atoms with E-state index in [1.54, 1.807) is 0 Å². The molecule has 4 fully saturated rings. The van der Waals surface area contributed by atoms with Gasteiger partial charge in [-0.25, -0.2) is 0 Å². The lowest BCUT2D eigenvalue weighted by Gasteiger charge is -2.59. The number of hydrogen-bond donors (Lipinski definition) is 2. The van der Waals surface area contributed by atoms with Gasteiger partial charge in [-0.15, -0.1) is 0 Å². The first-order valence-corrected chi connectivity index (χ1v) is 10.6. The normalized spacial score (nSPS) is 47.6. The molecule has 2 N–H and O–H groups in total. The topological polar surface area (TPSA) is 52.9 Å². The first kappa shape index (κ1) is 14.8. The van der Waals surface area contributed by atoms with Crippen molar-refractivity contribution in [1.29, 1.82) is 0 Å². The van der Waals surface area contributed by atoms with Crippen molar-refractivity contribution in [1.82, 2.24) is 4.90 Å². The fourth-order valence-corrected chi connectivity index (χ4v) is 8.23. The molecule has 1 aromatic rings. The molecule has 4 aliphatic carbocycles. The summed E-state index contributed by atoms with van der Waals surface area (Å²) in [6.45, 7) is 2.31. The van der Waals surface area contributed by atoms with E-state index >= 15 is 0 Å². The second-order valence-electron chi connectivity index (χ2n) is 10.2. The van der Waals surface area contributed by atoms with Crippen LogP contribution in [-0.4, -0.2) is 45.9 Å². The molecule has 0 amide bonds. The maximum atomic E-state index is 12.3. The average molecular weight is 353 g/mol. The Kier molecular flexibility index (Phi) is 2.41. The summed E-state index contributed by atoms with van der Waals surface area (Å²) in [4.78, 5) is 2.63. The maximum Gasteiger partial charge on any atom is 0.165 e. The largest absolute Gasteiger partial charge is 0.504 e. The summed E-state index contributed by atoms with van der Waals surface area (Å²) in [6, 6.07) is 4.19. The Morgan fingerprint density at radius 2 is 2.08 bits per heavy atom. The molecule has 138 valence electrons. The van der Waals surface area contributed by atoms with E-state index in [4.69, 9.17) is 4.74 Å². The minimum absolute atomic E-state index is 0.0385. The van der Waals surface area contributed by atoms with Crippen molar-refractivity contribution < 1.29 is 14.9 Å². The van der Waals surface area contributed by atoms with Gasteiger partial charge in [-0.3, -0.25) is 4.90 Å². The van der Waals surface area contributed by atoms with Gasteiger partial charge in [0.1, 0.15) is 6.10 Å². The number of aromatic hydroxyl groups is 1. The molecule has 4 nitrogen and oxygen atoms in total. The lowest BCUT2D eigenvalue weighted by Crippen LogP contribution is -2.72. The van der Waals surface area contributed by atoms with E-state index < -0.39 is 5.60 Å². The predicted octanol–water partition coefficient (Wildman–Crippen LogP) is 2.74. The smallest absolute Gasteiger partial charge is 0.165 e. The van der Waals surface area contributed by atoms with Gasteiger partial charge >= 0.3 is 0 Å². The molecule has 0 aromatic heterocycles. The van der Waals surface area contributed by atoms with Crippen molar-refractivity contribution in [2.24, 2.45) is 11.3 Å². The number of ether oxygens (including phenoxy) is 1. The van der Waals surface area contributed by atoms with Gasteiger partial charge in [0.2, 0.25) is 0 Å². The molecule has 2 bridgehead atoms. The van der Waals surface area contributed by atoms with Crippen LogP contribution in [0, 0.1) is 11.3 Å². The third-order valence-electron chi connectivity index (χ3n) is 9.08. The Labute approximate surface area is 154 Å². The highest BCUT2D eigenvalue weighted by molar-refractivity contribution is 5.64. The van der Waals surface area contributed by atoms with Crippen LogP contribution in [0.3, 0.4) is 0 Å². The average Bonchev–Trinajstić information content (AvgIpc) is 2.96. The van der Waals surface area contributed by atoms with Gasteiger partial charge in [-0.05, 0) is 62.5 Å². The molecule has 7 rings (SSSR count). The van der Waals surface area contributed by atoms with E-state index in [9.17, 15) is 10.2 Å². The second kappa shape index (κ2) is 4.25. The molecule has 1 unspecified atom stereocenters. The molecule has 5 atom stereocenters. The number of benzene rings is 1. The first-order chi connectivity index (χ1) is 12.6. The minimum Gasteiger partial charge on any atom is -0.504 e. The number of fused-ring (bicyclic) bond motifs is 1. The maximum absolute atomic E-state index is 12.3. The zero-order chi connectivity index (χ0) is 17.3. The number of phenols is 1. The Morgan fingerprint density at radius 1 is 1.19 bits per heavy atom. The number of phenolic OH excluding ortho intramolecular Hbond substituents is 1. The number of aliphatic hydroxyl groups is 1. The van der Waals surface area contributed by atoms with E-state index in [2.05, 4.69) is 11.0 Å². The van der Waals surface area contributed by atoms with Crippen LogP contribution in [-0.2, 0) is 11.8 Å². The highest BCUT2D eigenvalue weighted by Gasteiger charge is 2.82. The number of likely N-dealkylation sites (tertiary alicyclic amines) is 1. The van der Waals surface area contributed by atoms with Crippen molar-refractivity contribution >= 4 is 0 Å². The van der Waals surface area contributed by atoms with E-state index in [-0.39, 0.29) is 28.7 Å². The fraction of sp³-hybridized carbons (Fsp3) is 0.727. The van der Waals surface area contributed by atoms with Crippen LogP contribution in [0.2, 0.25) is 0 Å². The fourth-order valence-electron chi connectivity index (χ4n) is 8.23. The van der Waals surface area contributed by atoms with Crippen molar-refractivity contribution in [2.75, 3.05) is 13.1 Å². The molecule has 3 saturated carbocycles. The summed E-state index contributed by atoms with van der Waals surface area (Å²) in [7, 11) is 0. The van der Waals surface area contributed by atoms with Crippen LogP contribution in [0.4, 0.5) is 0 Å². The molecule has 6 aliphatic rings. The van der Waals surface area contributed by atoms with E-state index in [1.807, 2.05) is 6.07 Å². The van der Waals surface area contributed by atoms with E-state index in [1.165, 1.54) is 36.9 Å². The first-order valence-electron chi connectivity index (χ1n) is 10.6. The van der Waals surface area contributed by atoms with Gasteiger partial charge in [0.05, 0.1) is 11.0 Å². The lowest BCUT2D eigenvalue weighted by molar-refractivity contribution is -0.168. The molecule has 2 spiro atoms. The number of rotatable bonds is 2. The van der Waals surface area contributed by atoms with Crippen LogP contribution in [0.15, 0.2) is 12.1 Å². The summed E-state index contributed by atoms with van der Waals surface area (Å²) in [6.07, 6.45) is 9.15. The Hall–Kier alpha value is -1.26. The second-order valence-corrected chi connectivity index (χ2v) is 10.2. The SMILES string of the molecule is Oc1ccc2c3c1O[C@H]1CCC[C@@]4(O)[C@@H]5N(CC6CCC6)CC5(C2)C[C@]314. The molecule has 2 aliphatic heterocycles. The molecule has 0 radical (unpaired) electrons. The molecular weight excluding hydrogens is 326 g/mol. The van der Waals surface area contributed by atoms with Crippen molar-refractivity contribution in [3.63, 3.8) is 0 Å². The molecular formula is C22H27NO3.